The van der Waals surface area contributed by atoms with Gasteiger partial charge in [0.1, 0.15) is 0 Å². The number of hydrogen-bond acceptors (Lipinski definition) is 4. The van der Waals surface area contributed by atoms with Gasteiger partial charge < -0.3 is 4.90 Å². The van der Waals surface area contributed by atoms with Crippen LogP contribution in [0, 0.1) is 10.7 Å². The number of fused-ring (bicyclic) bond motifs is 1. The van der Waals surface area contributed by atoms with Crippen molar-refractivity contribution in [3.63, 3.8) is 0 Å². The number of nitrogens with one attached hydrogen (secondary N) is 1. The number of nitrogens with zero attached hydrogens (tertiary/aromatic N) is 4. The maximum Gasteiger partial charge on any atom is 0.279 e. The first-order chi connectivity index (χ1) is 11.0. The van der Waals surface area contributed by atoms with Gasteiger partial charge in [-0.25, -0.2) is 0 Å². The molecule has 3 rings (SSSR count). The van der Waals surface area contributed by atoms with Crippen molar-refractivity contribution in [3.05, 3.63) is 40.4 Å². The summed E-state index contributed by atoms with van der Waals surface area (Å²) in [5, 5.41) is 11.4. The molecule has 1 aliphatic rings. The van der Waals surface area contributed by atoms with Crippen LogP contribution in [0.3, 0.4) is 0 Å². The molecule has 0 bridgehead atoms. The number of aromatic nitrogens is 3. The summed E-state index contributed by atoms with van der Waals surface area (Å²) in [5.41, 5.74) is 2.15. The van der Waals surface area contributed by atoms with Crippen LogP contribution in [0.2, 0.25) is 0 Å². The summed E-state index contributed by atoms with van der Waals surface area (Å²) < 4.78 is 1.93. The molecule has 0 saturated heterocycles. The number of rotatable bonds is 4. The number of H-pyrrole nitrogens is 1. The average molecular weight is 329 g/mol. The van der Waals surface area contributed by atoms with Crippen LogP contribution in [0.15, 0.2) is 29.4 Å². The minimum absolute atomic E-state index is 0.0925. The van der Waals surface area contributed by atoms with Gasteiger partial charge in [-0.15, -0.1) is 0 Å². The topological polar surface area (TPSA) is 66.3 Å². The summed E-state index contributed by atoms with van der Waals surface area (Å²) in [6.45, 7) is 6.81. The molecular weight excluding hydrogens is 310 g/mol. The van der Waals surface area contributed by atoms with Gasteiger partial charge in [0.2, 0.25) is 4.77 Å². The second-order valence-corrected chi connectivity index (χ2v) is 6.27. The van der Waals surface area contributed by atoms with Crippen LogP contribution in [0.5, 0.6) is 0 Å². The first-order valence-corrected chi connectivity index (χ1v) is 8.10. The fourth-order valence-electron chi connectivity index (χ4n) is 2.66. The van der Waals surface area contributed by atoms with Crippen LogP contribution in [0.25, 0.3) is 0 Å². The Morgan fingerprint density at radius 1 is 1.35 bits per heavy atom. The van der Waals surface area contributed by atoms with E-state index in [1.54, 1.807) is 4.90 Å². The summed E-state index contributed by atoms with van der Waals surface area (Å²) in [4.78, 5) is 14.6. The van der Waals surface area contributed by atoms with E-state index in [-0.39, 0.29) is 5.91 Å². The summed E-state index contributed by atoms with van der Waals surface area (Å²) in [5.74, 6) is 0.980. The van der Waals surface area contributed by atoms with E-state index in [2.05, 4.69) is 29.1 Å². The lowest BCUT2D eigenvalue weighted by Crippen LogP contribution is -2.33. The monoisotopic (exact) mass is 329 g/mol. The molecule has 0 unspecified atom stereocenters. The van der Waals surface area contributed by atoms with Crippen molar-refractivity contribution >= 4 is 29.5 Å². The van der Waals surface area contributed by atoms with E-state index in [0.717, 1.165) is 11.3 Å². The predicted octanol–water partition coefficient (Wildman–Crippen LogP) is 2.76. The Balaban J connectivity index is 2.13. The highest BCUT2D eigenvalue weighted by atomic mass is 32.1. The minimum atomic E-state index is -0.0925. The van der Waals surface area contributed by atoms with E-state index in [9.17, 15) is 4.79 Å². The zero-order valence-corrected chi connectivity index (χ0v) is 14.2. The minimum Gasteiger partial charge on any atom is -0.306 e. The quantitative estimate of drug-likeness (QED) is 0.877. The number of carbonyl (C=O) groups excluding carboxylic acids is 1. The number of carbonyl (C=O) groups is 1. The molecule has 0 aliphatic carbocycles. The van der Waals surface area contributed by atoms with E-state index in [1.807, 2.05) is 31.2 Å². The summed E-state index contributed by atoms with van der Waals surface area (Å²) in [7, 11) is 0. The Bertz CT molecular complexity index is 833. The zero-order valence-electron chi connectivity index (χ0n) is 13.4. The molecule has 0 radical (unpaired) electrons. The Morgan fingerprint density at radius 3 is 2.78 bits per heavy atom. The van der Waals surface area contributed by atoms with Crippen molar-refractivity contribution in [1.82, 2.24) is 14.9 Å². The van der Waals surface area contributed by atoms with Crippen LogP contribution in [-0.4, -0.2) is 33.0 Å². The summed E-state index contributed by atoms with van der Waals surface area (Å²) in [6.07, 6.45) is 0.676. The zero-order chi connectivity index (χ0) is 16.6. The molecule has 2 aromatic rings. The second kappa shape index (κ2) is 6.08. The highest BCUT2D eigenvalue weighted by Gasteiger charge is 2.34. The first-order valence-electron chi connectivity index (χ1n) is 7.69. The van der Waals surface area contributed by atoms with Crippen molar-refractivity contribution in [2.24, 2.45) is 11.0 Å². The second-order valence-electron chi connectivity index (χ2n) is 5.89. The predicted molar refractivity (Wildman–Crippen MR) is 92.4 cm³/mol. The normalized spacial score (nSPS) is 15.7. The molecule has 1 aromatic heterocycles. The van der Waals surface area contributed by atoms with E-state index in [4.69, 9.17) is 12.2 Å². The molecule has 6 nitrogen and oxygen atoms in total. The van der Waals surface area contributed by atoms with E-state index >= 15 is 0 Å². The van der Waals surface area contributed by atoms with Crippen molar-refractivity contribution in [2.45, 2.75) is 27.2 Å². The fraction of sp³-hybridized carbons (Fsp3) is 0.375. The van der Waals surface area contributed by atoms with E-state index < -0.39 is 0 Å². The van der Waals surface area contributed by atoms with Gasteiger partial charge in [0.25, 0.3) is 5.91 Å². The highest BCUT2D eigenvalue weighted by Crippen LogP contribution is 2.30. The number of anilines is 1. The molecule has 1 amide bonds. The Labute approximate surface area is 139 Å². The van der Waals surface area contributed by atoms with Crippen LogP contribution >= 0.6 is 12.2 Å². The van der Waals surface area contributed by atoms with Crippen molar-refractivity contribution < 1.29 is 4.79 Å². The van der Waals surface area contributed by atoms with Crippen molar-refractivity contribution in [2.75, 3.05) is 11.4 Å². The molecule has 0 saturated carbocycles. The largest absolute Gasteiger partial charge is 0.306 e. The van der Waals surface area contributed by atoms with E-state index in [0.29, 0.717) is 35.2 Å². The third-order valence-electron chi connectivity index (χ3n) is 3.68. The lowest BCUT2D eigenvalue weighted by atomic mass is 10.1. The first kappa shape index (κ1) is 15.6. The molecule has 0 atom stereocenters. The Hall–Kier alpha value is -2.28. The smallest absolute Gasteiger partial charge is 0.279 e. The van der Waals surface area contributed by atoms with Crippen LogP contribution in [-0.2, 0) is 11.2 Å². The average Bonchev–Trinajstić information content (AvgIpc) is 3.01. The van der Waals surface area contributed by atoms with Crippen molar-refractivity contribution in [3.8, 4) is 0 Å². The lowest BCUT2D eigenvalue weighted by molar-refractivity contribution is -0.112. The molecular formula is C16H19N5OS. The Kier molecular flexibility index (Phi) is 4.12. The summed E-state index contributed by atoms with van der Waals surface area (Å²) in [6, 6.07) is 7.72. The van der Waals surface area contributed by atoms with Gasteiger partial charge in [0.15, 0.2) is 11.5 Å². The van der Waals surface area contributed by atoms with Gasteiger partial charge >= 0.3 is 0 Å². The number of aryl methyl sites for hydroxylation is 1. The Morgan fingerprint density at radius 2 is 2.09 bits per heavy atom. The number of para-hydroxylation sites is 1. The third-order valence-corrected chi connectivity index (χ3v) is 3.94. The number of aromatic amines is 1. The molecule has 1 N–H and O–H groups in total. The third kappa shape index (κ3) is 2.72. The SMILES string of the molecule is CCc1n[nH]c(=S)n1/N=C1\C(=O)N(CC(C)C)c2ccccc21. The number of benzene rings is 1. The van der Waals surface area contributed by atoms with Gasteiger partial charge in [-0.05, 0) is 24.2 Å². The van der Waals surface area contributed by atoms with Crippen LogP contribution < -0.4 is 4.90 Å². The molecule has 1 aliphatic heterocycles. The van der Waals surface area contributed by atoms with Crippen LogP contribution in [0.1, 0.15) is 32.2 Å². The van der Waals surface area contributed by atoms with Gasteiger partial charge in [0, 0.05) is 18.5 Å². The number of amides is 1. The maximum atomic E-state index is 12.9. The molecule has 1 aromatic carbocycles. The van der Waals surface area contributed by atoms with E-state index in [1.165, 1.54) is 4.68 Å². The number of hydrogen-bond donors (Lipinski definition) is 1. The lowest BCUT2D eigenvalue weighted by Gasteiger charge is -2.18. The molecule has 2 heterocycles. The molecule has 7 heteroatoms. The molecule has 0 spiro atoms. The standard InChI is InChI=1S/C16H19N5OS/c1-4-13-17-18-16(23)21(13)19-14-11-7-5-6-8-12(11)20(15(14)22)9-10(2)3/h5-8,10H,4,9H2,1-3H3,(H,18,23)/b19-14-. The summed E-state index contributed by atoms with van der Waals surface area (Å²) >= 11 is 5.22. The highest BCUT2D eigenvalue weighted by molar-refractivity contribution is 7.71. The fourth-order valence-corrected chi connectivity index (χ4v) is 2.85. The van der Waals surface area contributed by atoms with Gasteiger partial charge in [0.05, 0.1) is 5.69 Å². The van der Waals surface area contributed by atoms with Crippen LogP contribution in [0.4, 0.5) is 5.69 Å². The molecule has 0 fully saturated rings. The van der Waals surface area contributed by atoms with Crippen molar-refractivity contribution in [1.29, 1.82) is 0 Å². The molecule has 120 valence electrons. The van der Waals surface area contributed by atoms with Gasteiger partial charge in [-0.3, -0.25) is 9.89 Å². The van der Waals surface area contributed by atoms with Gasteiger partial charge in [-0.1, -0.05) is 39.0 Å². The maximum absolute atomic E-state index is 12.9. The van der Waals surface area contributed by atoms with Gasteiger partial charge in [-0.2, -0.15) is 14.9 Å². The molecule has 23 heavy (non-hydrogen) atoms.